The van der Waals surface area contributed by atoms with E-state index in [4.69, 9.17) is 0 Å². The minimum atomic E-state index is 1.05. The van der Waals surface area contributed by atoms with Crippen molar-refractivity contribution in [3.63, 3.8) is 0 Å². The van der Waals surface area contributed by atoms with E-state index in [2.05, 4.69) is 6.92 Å². The van der Waals surface area contributed by atoms with Crippen LogP contribution in [0.1, 0.15) is 19.8 Å². The first-order chi connectivity index (χ1) is 3.41. The van der Waals surface area contributed by atoms with Crippen molar-refractivity contribution in [3.8, 4) is 0 Å². The molecule has 3 rings (SSSR count). The molecule has 3 saturated carbocycles. The maximum Gasteiger partial charge on any atom is -0.0198 e. The van der Waals surface area contributed by atoms with E-state index < -0.39 is 0 Å². The smallest absolute Gasteiger partial charge is 0.0198 e. The van der Waals surface area contributed by atoms with E-state index in [1.165, 1.54) is 24.2 Å². The van der Waals surface area contributed by atoms with Crippen LogP contribution in [0.3, 0.4) is 0 Å². The third kappa shape index (κ3) is 0.132. The molecule has 0 saturated heterocycles. The number of hydrogen-bond acceptors (Lipinski definition) is 0. The van der Waals surface area contributed by atoms with Gasteiger partial charge in [-0.15, -0.1) is 0 Å². The molecule has 0 aliphatic heterocycles. The first kappa shape index (κ1) is 3.11. The van der Waals surface area contributed by atoms with Crippen molar-refractivity contribution in [1.82, 2.24) is 0 Å². The van der Waals surface area contributed by atoms with Crippen molar-refractivity contribution in [2.45, 2.75) is 19.8 Å². The van der Waals surface area contributed by atoms with Crippen LogP contribution in [0, 0.1) is 23.2 Å². The van der Waals surface area contributed by atoms with Gasteiger partial charge < -0.3 is 0 Å². The number of rotatable bonds is 1. The molecule has 0 heteroatoms. The van der Waals surface area contributed by atoms with Crippen molar-refractivity contribution >= 4 is 0 Å². The van der Waals surface area contributed by atoms with E-state index in [-0.39, 0.29) is 0 Å². The Morgan fingerprint density at radius 3 is 2.57 bits per heavy atom. The van der Waals surface area contributed by atoms with Crippen LogP contribution in [-0.4, -0.2) is 0 Å². The molecule has 3 fully saturated rings. The Bertz CT molecular complexity index is 139. The Labute approximate surface area is 43.9 Å². The van der Waals surface area contributed by atoms with Gasteiger partial charge >= 0.3 is 0 Å². The summed E-state index contributed by atoms with van der Waals surface area (Å²) in [7, 11) is 0. The van der Waals surface area contributed by atoms with E-state index in [0.717, 1.165) is 5.41 Å². The van der Waals surface area contributed by atoms with Crippen LogP contribution in [0.2, 0.25) is 0 Å². The van der Waals surface area contributed by atoms with Gasteiger partial charge in [-0.25, -0.2) is 0 Å². The lowest BCUT2D eigenvalue weighted by atomic mass is 10.1. The van der Waals surface area contributed by atoms with Crippen LogP contribution in [0.15, 0.2) is 0 Å². The van der Waals surface area contributed by atoms with Gasteiger partial charge in [-0.1, -0.05) is 13.3 Å². The molecule has 0 amide bonds. The molecule has 38 valence electrons. The van der Waals surface area contributed by atoms with Crippen molar-refractivity contribution in [3.05, 3.63) is 0 Å². The zero-order valence-corrected chi connectivity index (χ0v) is 4.65. The van der Waals surface area contributed by atoms with E-state index in [1.807, 2.05) is 0 Å². The lowest BCUT2D eigenvalue weighted by molar-refractivity contribution is 0.585. The van der Waals surface area contributed by atoms with E-state index >= 15 is 0 Å². The quantitative estimate of drug-likeness (QED) is 0.463. The lowest BCUT2D eigenvalue weighted by Gasteiger charge is -1.90. The Morgan fingerprint density at radius 2 is 2.43 bits per heavy atom. The van der Waals surface area contributed by atoms with Gasteiger partial charge in [0.2, 0.25) is 0 Å². The van der Waals surface area contributed by atoms with Crippen LogP contribution >= 0.6 is 0 Å². The highest BCUT2D eigenvalue weighted by Gasteiger charge is 2.96. The van der Waals surface area contributed by atoms with Crippen molar-refractivity contribution in [2.24, 2.45) is 23.2 Å². The monoisotopic (exact) mass is 94.1 g/mol. The summed E-state index contributed by atoms with van der Waals surface area (Å²) in [6.07, 6.45) is 3.09. The van der Waals surface area contributed by atoms with Gasteiger partial charge in [-0.2, -0.15) is 0 Å². The van der Waals surface area contributed by atoms with Gasteiger partial charge in [0.25, 0.3) is 0 Å². The molecule has 0 aromatic heterocycles. The highest BCUT2D eigenvalue weighted by atomic mass is 15.0. The second-order valence-electron chi connectivity index (χ2n) is 3.46. The molecule has 0 bridgehead atoms. The number of hydrogen-bond donors (Lipinski definition) is 0. The van der Waals surface area contributed by atoms with Gasteiger partial charge in [-0.05, 0) is 29.6 Å². The third-order valence-corrected chi connectivity index (χ3v) is 3.50. The summed E-state index contributed by atoms with van der Waals surface area (Å²) in [5.74, 6) is 3.77. The third-order valence-electron chi connectivity index (χ3n) is 3.50. The fourth-order valence-electron chi connectivity index (χ4n) is 2.79. The molecule has 3 aliphatic carbocycles. The zero-order chi connectivity index (χ0) is 4.65. The Kier molecular flexibility index (Phi) is 0.231. The van der Waals surface area contributed by atoms with E-state index in [1.54, 1.807) is 6.42 Å². The minimum absolute atomic E-state index is 1.05. The normalized spacial score (nSPS) is 79.3. The zero-order valence-electron chi connectivity index (χ0n) is 4.65. The first-order valence-corrected chi connectivity index (χ1v) is 3.41. The molecule has 4 unspecified atom stereocenters. The van der Waals surface area contributed by atoms with Crippen molar-refractivity contribution in [2.75, 3.05) is 0 Å². The molecular formula is C7H10. The highest BCUT2D eigenvalue weighted by molar-refractivity contribution is 5.43. The molecule has 0 nitrogen and oxygen atoms in total. The SMILES string of the molecule is CCC1C2C3CC132. The molecular weight excluding hydrogens is 84.1 g/mol. The van der Waals surface area contributed by atoms with Crippen LogP contribution < -0.4 is 0 Å². The summed E-state index contributed by atoms with van der Waals surface area (Å²) in [5, 5.41) is 0. The van der Waals surface area contributed by atoms with Gasteiger partial charge in [0.1, 0.15) is 0 Å². The minimum Gasteiger partial charge on any atom is -0.0651 e. The predicted molar refractivity (Wildman–Crippen MR) is 27.8 cm³/mol. The van der Waals surface area contributed by atoms with E-state index in [0.29, 0.717) is 0 Å². The van der Waals surface area contributed by atoms with Crippen LogP contribution in [0.4, 0.5) is 0 Å². The number of fused-ring (bicyclic) bond motifs is 1. The summed E-state index contributed by atoms with van der Waals surface area (Å²) in [5.41, 5.74) is 1.05. The first-order valence-electron chi connectivity index (χ1n) is 3.41. The summed E-state index contributed by atoms with van der Waals surface area (Å²) in [6.45, 7) is 2.33. The molecule has 0 heterocycles. The molecule has 4 atom stereocenters. The van der Waals surface area contributed by atoms with Gasteiger partial charge in [0, 0.05) is 0 Å². The van der Waals surface area contributed by atoms with Gasteiger partial charge in [0.15, 0.2) is 0 Å². The largest absolute Gasteiger partial charge is 0.0651 e. The molecule has 0 N–H and O–H groups in total. The Hall–Kier alpha value is 0. The summed E-state index contributed by atoms with van der Waals surface area (Å²) >= 11 is 0. The Balaban J connectivity index is 1.91. The standard InChI is InChI=1S/C7H10/c1-2-4-6-5-3-7(4,5)6/h4-6H,2-3H2,1H3. The lowest BCUT2D eigenvalue weighted by Crippen LogP contribution is -1.83. The second-order valence-corrected chi connectivity index (χ2v) is 3.46. The summed E-state index contributed by atoms with van der Waals surface area (Å²) < 4.78 is 0. The maximum absolute atomic E-state index is 2.33. The summed E-state index contributed by atoms with van der Waals surface area (Å²) in [6, 6.07) is 0. The molecule has 0 radical (unpaired) electrons. The highest BCUT2D eigenvalue weighted by Crippen LogP contribution is 3.01. The van der Waals surface area contributed by atoms with Crippen LogP contribution in [0.25, 0.3) is 0 Å². The molecule has 1 spiro atoms. The Morgan fingerprint density at radius 1 is 1.71 bits per heavy atom. The van der Waals surface area contributed by atoms with Gasteiger partial charge in [0.05, 0.1) is 0 Å². The fourth-order valence-corrected chi connectivity index (χ4v) is 2.79. The van der Waals surface area contributed by atoms with Crippen molar-refractivity contribution < 1.29 is 0 Å². The second kappa shape index (κ2) is 0.519. The molecule has 3 aliphatic rings. The average Bonchev–Trinajstić information content (AvgIpc) is 2.41. The molecule has 7 heavy (non-hydrogen) atoms. The predicted octanol–water partition coefficient (Wildman–Crippen LogP) is 1.66. The fraction of sp³-hybridized carbons (Fsp3) is 1.00. The van der Waals surface area contributed by atoms with Crippen LogP contribution in [-0.2, 0) is 0 Å². The van der Waals surface area contributed by atoms with Crippen LogP contribution in [0.5, 0.6) is 0 Å². The summed E-state index contributed by atoms with van der Waals surface area (Å²) in [4.78, 5) is 0. The van der Waals surface area contributed by atoms with Crippen molar-refractivity contribution in [1.29, 1.82) is 0 Å². The average molecular weight is 94.2 g/mol. The molecule has 0 aromatic rings. The topological polar surface area (TPSA) is 0 Å². The molecule has 0 aromatic carbocycles. The van der Waals surface area contributed by atoms with E-state index in [9.17, 15) is 0 Å². The maximum atomic E-state index is 2.33. The van der Waals surface area contributed by atoms with Gasteiger partial charge in [-0.3, -0.25) is 0 Å².